The topological polar surface area (TPSA) is 89.6 Å². The molecule has 3 heterocycles. The van der Waals surface area contributed by atoms with Gasteiger partial charge in [-0.25, -0.2) is 19.0 Å². The van der Waals surface area contributed by atoms with E-state index in [1.807, 2.05) is 24.3 Å². The fourth-order valence-corrected chi connectivity index (χ4v) is 5.21. The Balaban J connectivity index is 1.51. The number of imidazole rings is 1. The van der Waals surface area contributed by atoms with Gasteiger partial charge in [-0.3, -0.25) is 9.13 Å². The minimum Gasteiger partial charge on any atom is -0.478 e. The Morgan fingerprint density at radius 2 is 1.75 bits per heavy atom. The first-order chi connectivity index (χ1) is 17.4. The average Bonchev–Trinajstić information content (AvgIpc) is 3.62. The first-order valence-electron chi connectivity index (χ1n) is 11.6. The second kappa shape index (κ2) is 8.46. The number of pyridine rings is 1. The summed E-state index contributed by atoms with van der Waals surface area (Å²) in [6.45, 7) is 2.94. The average molecular weight is 509 g/mol. The predicted molar refractivity (Wildman–Crippen MR) is 133 cm³/mol. The third-order valence-corrected chi connectivity index (χ3v) is 7.17. The van der Waals surface area contributed by atoms with Crippen LogP contribution in [-0.4, -0.2) is 51.5 Å². The van der Waals surface area contributed by atoms with Crippen LogP contribution in [0.4, 0.5) is 10.1 Å². The van der Waals surface area contributed by atoms with Crippen LogP contribution in [0.5, 0.6) is 0 Å². The van der Waals surface area contributed by atoms with Crippen molar-refractivity contribution in [3.8, 4) is 5.69 Å². The second-order valence-corrected chi connectivity index (χ2v) is 9.57. The molecule has 1 saturated carbocycles. The van der Waals surface area contributed by atoms with Gasteiger partial charge in [-0.2, -0.15) is 0 Å². The van der Waals surface area contributed by atoms with E-state index in [4.69, 9.17) is 16.3 Å². The molecule has 2 aromatic heterocycles. The van der Waals surface area contributed by atoms with Crippen LogP contribution in [-0.2, 0) is 10.3 Å². The summed E-state index contributed by atoms with van der Waals surface area (Å²) in [4.78, 5) is 32.2. The van der Waals surface area contributed by atoms with Gasteiger partial charge in [0, 0.05) is 25.0 Å². The van der Waals surface area contributed by atoms with E-state index in [1.54, 1.807) is 15.2 Å². The molecule has 10 heteroatoms. The molecule has 4 aromatic rings. The van der Waals surface area contributed by atoms with Gasteiger partial charge in [-0.05, 0) is 66.9 Å². The Bertz CT molecular complexity index is 1550. The molecule has 184 valence electrons. The van der Waals surface area contributed by atoms with E-state index >= 15 is 0 Å². The van der Waals surface area contributed by atoms with E-state index in [0.29, 0.717) is 53.5 Å². The molecule has 36 heavy (non-hydrogen) atoms. The maximum atomic E-state index is 14.4. The van der Waals surface area contributed by atoms with Crippen LogP contribution in [0.2, 0.25) is 5.02 Å². The second-order valence-electron chi connectivity index (χ2n) is 9.13. The molecule has 0 spiro atoms. The molecular formula is C26H22ClFN4O4. The zero-order valence-electron chi connectivity index (χ0n) is 19.2. The highest BCUT2D eigenvalue weighted by molar-refractivity contribution is 6.31. The molecule has 1 aliphatic carbocycles. The first kappa shape index (κ1) is 22.8. The number of carboxylic acid groups (broad SMARTS) is 1. The van der Waals surface area contributed by atoms with E-state index in [-0.39, 0.29) is 11.3 Å². The lowest BCUT2D eigenvalue weighted by Crippen LogP contribution is -2.36. The molecule has 0 unspecified atom stereocenters. The van der Waals surface area contributed by atoms with Gasteiger partial charge in [0.1, 0.15) is 5.82 Å². The van der Waals surface area contributed by atoms with Crippen LogP contribution in [0.3, 0.4) is 0 Å². The summed E-state index contributed by atoms with van der Waals surface area (Å²) in [7, 11) is 0. The third-order valence-electron chi connectivity index (χ3n) is 6.97. The van der Waals surface area contributed by atoms with Crippen molar-refractivity contribution in [2.45, 2.75) is 18.4 Å². The summed E-state index contributed by atoms with van der Waals surface area (Å²) >= 11 is 6.27. The molecule has 8 nitrogen and oxygen atoms in total. The van der Waals surface area contributed by atoms with Crippen molar-refractivity contribution in [2.75, 3.05) is 31.2 Å². The van der Waals surface area contributed by atoms with Crippen molar-refractivity contribution >= 4 is 34.4 Å². The van der Waals surface area contributed by atoms with Crippen LogP contribution in [0.25, 0.3) is 16.9 Å². The number of rotatable bonds is 5. The Morgan fingerprint density at radius 3 is 2.42 bits per heavy atom. The zero-order valence-corrected chi connectivity index (χ0v) is 19.9. The summed E-state index contributed by atoms with van der Waals surface area (Å²) in [6, 6.07) is 13.1. The van der Waals surface area contributed by atoms with Crippen molar-refractivity contribution in [2.24, 2.45) is 0 Å². The summed E-state index contributed by atoms with van der Waals surface area (Å²) in [6.07, 6.45) is 2.57. The number of fused-ring (bicyclic) bond motifs is 1. The van der Waals surface area contributed by atoms with E-state index < -0.39 is 17.3 Å². The van der Waals surface area contributed by atoms with Crippen molar-refractivity contribution in [3.63, 3.8) is 0 Å². The quantitative estimate of drug-likeness (QED) is 0.437. The molecule has 6 rings (SSSR count). The third kappa shape index (κ3) is 3.66. The summed E-state index contributed by atoms with van der Waals surface area (Å²) < 4.78 is 22.9. The zero-order chi connectivity index (χ0) is 25.0. The van der Waals surface area contributed by atoms with Gasteiger partial charge in [-0.15, -0.1) is 0 Å². The Labute approximate surface area is 210 Å². The summed E-state index contributed by atoms with van der Waals surface area (Å²) in [5.41, 5.74) is 1.64. The van der Waals surface area contributed by atoms with E-state index in [2.05, 4.69) is 9.88 Å². The first-order valence-corrected chi connectivity index (χ1v) is 12.0. The number of ether oxygens (including phenoxy) is 1. The summed E-state index contributed by atoms with van der Waals surface area (Å²) in [5, 5.41) is 9.82. The SMILES string of the molecule is O=C(O)c1cc(F)cc(C2(n3c(=O)n(-c4ccc(N5CCOCC5)cc4)c4cc(Cl)cnc43)CC2)c1. The molecule has 1 saturated heterocycles. The number of benzene rings is 2. The molecule has 0 bridgehead atoms. The van der Waals surface area contributed by atoms with Crippen molar-refractivity contribution in [1.82, 2.24) is 14.1 Å². The number of aromatic carboxylic acids is 1. The van der Waals surface area contributed by atoms with Crippen LogP contribution in [0.1, 0.15) is 28.8 Å². The Morgan fingerprint density at radius 1 is 1.06 bits per heavy atom. The number of nitrogens with zero attached hydrogens (tertiary/aromatic N) is 4. The van der Waals surface area contributed by atoms with Crippen molar-refractivity contribution in [1.29, 1.82) is 0 Å². The molecule has 0 radical (unpaired) electrons. The molecule has 0 amide bonds. The number of aromatic nitrogens is 3. The highest BCUT2D eigenvalue weighted by Gasteiger charge is 2.49. The maximum Gasteiger partial charge on any atom is 0.335 e. The lowest BCUT2D eigenvalue weighted by molar-refractivity contribution is 0.0696. The standard InChI is InChI=1S/C26H22ClFN4O4/c27-18-14-22-23(29-15-18)32(26(5-6-26)17-11-16(24(33)34)12-19(28)13-17)25(35)31(22)21-3-1-20(2-4-21)30-7-9-36-10-8-30/h1-4,11-15H,5-10H2,(H,33,34). The molecule has 1 aliphatic heterocycles. The monoisotopic (exact) mass is 508 g/mol. The number of morpholine rings is 1. The van der Waals surface area contributed by atoms with Gasteiger partial charge in [0.2, 0.25) is 0 Å². The van der Waals surface area contributed by atoms with Gasteiger partial charge in [0.25, 0.3) is 0 Å². The lowest BCUT2D eigenvalue weighted by atomic mass is 10.0. The molecule has 2 fully saturated rings. The number of hydrogen-bond donors (Lipinski definition) is 1. The molecule has 2 aromatic carbocycles. The number of carboxylic acids is 1. The smallest absolute Gasteiger partial charge is 0.335 e. The summed E-state index contributed by atoms with van der Waals surface area (Å²) in [5.74, 6) is -1.89. The fraction of sp³-hybridized carbons (Fsp3) is 0.269. The van der Waals surface area contributed by atoms with Gasteiger partial charge >= 0.3 is 11.7 Å². The highest BCUT2D eigenvalue weighted by Crippen LogP contribution is 2.50. The van der Waals surface area contributed by atoms with Gasteiger partial charge in [0.15, 0.2) is 5.65 Å². The van der Waals surface area contributed by atoms with Crippen LogP contribution in [0, 0.1) is 5.82 Å². The van der Waals surface area contributed by atoms with E-state index in [1.165, 1.54) is 18.3 Å². The minimum atomic E-state index is -1.23. The predicted octanol–water partition coefficient (Wildman–Crippen LogP) is 4.05. The fourth-order valence-electron chi connectivity index (χ4n) is 5.06. The normalized spacial score (nSPS) is 16.9. The number of carbonyl (C=O) groups is 1. The molecule has 0 atom stereocenters. The molecule has 1 N–H and O–H groups in total. The molecule has 2 aliphatic rings. The lowest BCUT2D eigenvalue weighted by Gasteiger charge is -2.28. The number of anilines is 1. The van der Waals surface area contributed by atoms with Crippen LogP contribution < -0.4 is 10.6 Å². The number of halogens is 2. The Hall–Kier alpha value is -3.69. The van der Waals surface area contributed by atoms with Gasteiger partial charge < -0.3 is 14.7 Å². The number of hydrogen-bond acceptors (Lipinski definition) is 5. The Kier molecular flexibility index (Phi) is 5.35. The van der Waals surface area contributed by atoms with Crippen molar-refractivity contribution < 1.29 is 19.0 Å². The highest BCUT2D eigenvalue weighted by atomic mass is 35.5. The van der Waals surface area contributed by atoms with Crippen LogP contribution >= 0.6 is 11.6 Å². The van der Waals surface area contributed by atoms with E-state index in [0.717, 1.165) is 24.8 Å². The van der Waals surface area contributed by atoms with E-state index in [9.17, 15) is 19.1 Å². The molecular weight excluding hydrogens is 487 g/mol. The van der Waals surface area contributed by atoms with Gasteiger partial charge in [0.05, 0.1) is 40.5 Å². The maximum absolute atomic E-state index is 14.4. The largest absolute Gasteiger partial charge is 0.478 e. The van der Waals surface area contributed by atoms with Gasteiger partial charge in [-0.1, -0.05) is 11.6 Å². The van der Waals surface area contributed by atoms with Crippen LogP contribution in [0.15, 0.2) is 59.5 Å². The minimum absolute atomic E-state index is 0.164. The van der Waals surface area contributed by atoms with Crippen molar-refractivity contribution in [3.05, 3.63) is 87.2 Å².